The van der Waals surface area contributed by atoms with E-state index in [0.717, 1.165) is 22.2 Å². The molecule has 3 aliphatic rings. The molecule has 0 spiro atoms. The van der Waals surface area contributed by atoms with E-state index in [9.17, 15) is 35.8 Å². The lowest BCUT2D eigenvalue weighted by molar-refractivity contribution is -0.137. The zero-order valence-electron chi connectivity index (χ0n) is 33.4. The average Bonchev–Trinajstić information content (AvgIpc) is 3.35. The maximum absolute atomic E-state index is 12.0. The van der Waals surface area contributed by atoms with E-state index in [1.165, 1.54) is 18.2 Å². The first kappa shape index (κ1) is 45.3. The quantitative estimate of drug-likeness (QED) is 0.0821. The van der Waals surface area contributed by atoms with E-state index >= 15 is 0 Å². The molecule has 0 bridgehead atoms. The molecule has 0 fully saturated rings. The lowest BCUT2D eigenvalue weighted by atomic mass is 9.77. The largest absolute Gasteiger partial charge is 0.744 e. The van der Waals surface area contributed by atoms with Gasteiger partial charge in [0, 0.05) is 55.6 Å². The summed E-state index contributed by atoms with van der Waals surface area (Å²) in [6.07, 6.45) is 13.2. The first-order valence-corrected chi connectivity index (χ1v) is 21.7. The van der Waals surface area contributed by atoms with Crippen LogP contribution < -0.4 is 14.8 Å². The summed E-state index contributed by atoms with van der Waals surface area (Å²) in [5, 5.41) is 10.4. The number of methoxy groups -OCH3 is 2. The number of carboxylic acids is 1. The summed E-state index contributed by atoms with van der Waals surface area (Å²) in [7, 11) is -5.70. The van der Waals surface area contributed by atoms with Crippen LogP contribution in [0.4, 0.5) is 5.69 Å². The summed E-state index contributed by atoms with van der Waals surface area (Å²) in [4.78, 5) is 12.8. The highest BCUT2D eigenvalue weighted by atomic mass is 32.2. The van der Waals surface area contributed by atoms with Crippen LogP contribution in [0.2, 0.25) is 0 Å². The van der Waals surface area contributed by atoms with Crippen molar-refractivity contribution in [1.82, 2.24) is 4.58 Å². The highest BCUT2D eigenvalue weighted by Crippen LogP contribution is 2.51. The highest BCUT2D eigenvalue weighted by Gasteiger charge is 2.43. The molecule has 0 radical (unpaired) electrons. The maximum atomic E-state index is 12.0. The van der Waals surface area contributed by atoms with Gasteiger partial charge in [0.15, 0.2) is 13.1 Å². The fourth-order valence-electron chi connectivity index (χ4n) is 7.05. The van der Waals surface area contributed by atoms with Crippen molar-refractivity contribution in [2.24, 2.45) is 0 Å². The number of hydrogen-bond donors (Lipinski definition) is 2. The van der Waals surface area contributed by atoms with Crippen LogP contribution in [0.3, 0.4) is 0 Å². The van der Waals surface area contributed by atoms with Gasteiger partial charge in [-0.15, -0.1) is 0 Å². The molecule has 310 valence electrons. The Balaban J connectivity index is 1.69. The molecular weight excluding hydrogens is 773 g/mol. The zero-order valence-corrected chi connectivity index (χ0v) is 35.1. The molecule has 57 heavy (non-hydrogen) atoms. The molecule has 2 heterocycles. The molecule has 0 saturated heterocycles. The van der Waals surface area contributed by atoms with Gasteiger partial charge in [0.05, 0.1) is 16.7 Å². The normalized spacial score (nSPS) is 17.2. The first-order chi connectivity index (χ1) is 26.8. The lowest BCUT2D eigenvalue weighted by Crippen LogP contribution is -2.35. The molecule has 1 aromatic rings. The Labute approximate surface area is 336 Å². The van der Waals surface area contributed by atoms with Gasteiger partial charge in [-0.2, -0.15) is 8.42 Å². The molecule has 1 atom stereocenters. The van der Waals surface area contributed by atoms with E-state index in [4.69, 9.17) is 13.9 Å². The van der Waals surface area contributed by atoms with Crippen LogP contribution in [0, 0.1) is 0 Å². The Morgan fingerprint density at radius 1 is 0.947 bits per heavy atom. The number of carbonyl (C=O) groups is 1. The standard InChI is InChI=1S/C42H54N2O11S2/c1-41(2,3)35-29-32(55-38-28-31(17-19-34(35)38)43(23-25-53-5)24-26-54-6)14-10-8-7-9-11-15-39-42(4,21-12-16-40(45)46)36-30-33(57(50,51)52)18-20-37(36)44(39)22-13-27-56(47,48)49/h7-11,14-15,17-20,28-30H,12-13,16,21-27H2,1-6H3,(H2-,45,46,47,48,49,50,51,52). The van der Waals surface area contributed by atoms with Crippen LogP contribution in [0.15, 0.2) is 93.9 Å². The van der Waals surface area contributed by atoms with Crippen molar-refractivity contribution in [2.75, 3.05) is 57.7 Å². The van der Waals surface area contributed by atoms with Crippen molar-refractivity contribution in [3.05, 3.63) is 107 Å². The topological polar surface area (TPSA) is 187 Å². The van der Waals surface area contributed by atoms with Crippen LogP contribution in [0.25, 0.3) is 17.4 Å². The van der Waals surface area contributed by atoms with E-state index in [0.29, 0.717) is 55.4 Å². The molecule has 2 aliphatic heterocycles. The summed E-state index contributed by atoms with van der Waals surface area (Å²) in [5.74, 6) is -0.0654. The van der Waals surface area contributed by atoms with Crippen molar-refractivity contribution in [2.45, 2.75) is 69.1 Å². The Morgan fingerprint density at radius 3 is 2.23 bits per heavy atom. The first-order valence-electron chi connectivity index (χ1n) is 18.7. The Morgan fingerprint density at radius 2 is 1.61 bits per heavy atom. The molecule has 1 unspecified atom stereocenters. The van der Waals surface area contributed by atoms with Crippen molar-refractivity contribution < 1.29 is 49.7 Å². The summed E-state index contributed by atoms with van der Waals surface area (Å²) < 4.78 is 87.8. The number of ether oxygens (including phenoxy) is 2. The molecule has 15 heteroatoms. The predicted molar refractivity (Wildman–Crippen MR) is 220 cm³/mol. The third kappa shape index (κ3) is 12.3. The van der Waals surface area contributed by atoms with Crippen LogP contribution in [-0.2, 0) is 45.3 Å². The molecule has 0 saturated carbocycles. The smallest absolute Gasteiger partial charge is 0.303 e. The number of fused-ring (bicyclic) bond motifs is 2. The van der Waals surface area contributed by atoms with E-state index in [1.807, 2.05) is 54.3 Å². The minimum absolute atomic E-state index is 0.0504. The summed E-state index contributed by atoms with van der Waals surface area (Å²) in [6.45, 7) is 11.0. The van der Waals surface area contributed by atoms with E-state index in [-0.39, 0.29) is 31.2 Å². The summed E-state index contributed by atoms with van der Waals surface area (Å²) in [5.41, 5.74) is 2.80. The van der Waals surface area contributed by atoms with Gasteiger partial charge in [-0.3, -0.25) is 9.35 Å². The molecule has 0 aromatic heterocycles. The predicted octanol–water partition coefficient (Wildman–Crippen LogP) is 5.97. The number of anilines is 1. The molecule has 1 aliphatic carbocycles. The van der Waals surface area contributed by atoms with Crippen LogP contribution in [-0.4, -0.2) is 89.8 Å². The molecule has 1 aromatic carbocycles. The van der Waals surface area contributed by atoms with Gasteiger partial charge in [-0.1, -0.05) is 51.2 Å². The fourth-order valence-corrected chi connectivity index (χ4v) is 8.04. The van der Waals surface area contributed by atoms with Crippen molar-refractivity contribution in [3.8, 4) is 11.3 Å². The second-order valence-electron chi connectivity index (χ2n) is 15.2. The van der Waals surface area contributed by atoms with Gasteiger partial charge in [-0.25, -0.2) is 13.0 Å². The maximum Gasteiger partial charge on any atom is 0.303 e. The van der Waals surface area contributed by atoms with Gasteiger partial charge in [-0.05, 0) is 85.2 Å². The van der Waals surface area contributed by atoms with Gasteiger partial charge in [0.1, 0.15) is 34.9 Å². The highest BCUT2D eigenvalue weighted by molar-refractivity contribution is 7.86. The molecular formula is C42H54N2O11S2. The van der Waals surface area contributed by atoms with Gasteiger partial charge in [0.2, 0.25) is 5.36 Å². The van der Waals surface area contributed by atoms with Crippen LogP contribution >= 0.6 is 0 Å². The van der Waals surface area contributed by atoms with Crippen molar-refractivity contribution in [1.29, 1.82) is 0 Å². The average molecular weight is 827 g/mol. The van der Waals surface area contributed by atoms with E-state index in [2.05, 4.69) is 37.5 Å². The van der Waals surface area contributed by atoms with Gasteiger partial charge < -0.3 is 28.5 Å². The van der Waals surface area contributed by atoms with E-state index < -0.39 is 42.3 Å². The third-order valence-electron chi connectivity index (χ3n) is 9.88. The molecule has 4 rings (SSSR count). The summed E-state index contributed by atoms with van der Waals surface area (Å²) in [6, 6.07) is 12.3. The SMILES string of the molecule is COCC[N+](CCOC)=c1ccc2c(C(C)(C)C)cc(/C=C/C=C/C=C/C=C3/N(CCCS(=O)(=O)O)c4ccc(S(=O)(=O)[O-])cc4C3(C)CCCC(=O)O)oc-2c1. The van der Waals surface area contributed by atoms with Gasteiger partial charge >= 0.3 is 5.97 Å². The number of hydrogen-bond acceptors (Lipinski definition) is 10. The second kappa shape index (κ2) is 19.4. The lowest BCUT2D eigenvalue weighted by Gasteiger charge is -2.30. The number of benzene rings is 2. The Bertz CT molecular complexity index is 2270. The van der Waals surface area contributed by atoms with Crippen molar-refractivity contribution >= 4 is 38.0 Å². The Kier molecular flexibility index (Phi) is 15.4. The Hall–Kier alpha value is -4.38. The summed E-state index contributed by atoms with van der Waals surface area (Å²) >= 11 is 0. The minimum atomic E-state index is -4.80. The zero-order chi connectivity index (χ0) is 42.0. The third-order valence-corrected chi connectivity index (χ3v) is 11.5. The second-order valence-corrected chi connectivity index (χ2v) is 18.1. The number of aliphatic carboxylic acids is 1. The minimum Gasteiger partial charge on any atom is -0.744 e. The monoisotopic (exact) mass is 826 g/mol. The van der Waals surface area contributed by atoms with Crippen LogP contribution in [0.5, 0.6) is 0 Å². The number of carboxylic acid groups (broad SMARTS) is 1. The molecule has 0 amide bonds. The van der Waals surface area contributed by atoms with Gasteiger partial charge in [0.25, 0.3) is 10.1 Å². The van der Waals surface area contributed by atoms with E-state index in [1.54, 1.807) is 26.4 Å². The number of nitrogens with zero attached hydrogens (tertiary/aromatic N) is 2. The van der Waals surface area contributed by atoms with Crippen LogP contribution in [0.1, 0.15) is 70.3 Å². The number of allylic oxidation sites excluding steroid dienone is 7. The molecule has 2 N–H and O–H groups in total. The van der Waals surface area contributed by atoms with Crippen molar-refractivity contribution in [3.63, 3.8) is 0 Å². The molecule has 13 nitrogen and oxygen atoms in total. The fraction of sp³-hybridized carbons (Fsp3) is 0.429. The number of rotatable bonds is 19.